The zero-order valence-corrected chi connectivity index (χ0v) is 25.4. The molecule has 5 aromatic rings. The molecule has 0 bridgehead atoms. The molecule has 246 valence electrons. The zero-order chi connectivity index (χ0) is 34.4. The van der Waals surface area contributed by atoms with Gasteiger partial charge in [0.25, 0.3) is 5.91 Å². The van der Waals surface area contributed by atoms with Gasteiger partial charge in [0, 0.05) is 40.7 Å². The van der Waals surface area contributed by atoms with Gasteiger partial charge in [-0.05, 0) is 67.9 Å². The van der Waals surface area contributed by atoms with E-state index >= 15 is 0 Å². The Morgan fingerprint density at radius 2 is 1.81 bits per heavy atom. The fourth-order valence-electron chi connectivity index (χ4n) is 5.34. The van der Waals surface area contributed by atoms with Crippen LogP contribution in [0.3, 0.4) is 0 Å². The number of halogens is 4. The van der Waals surface area contributed by atoms with Crippen molar-refractivity contribution in [3.63, 3.8) is 0 Å². The maximum absolute atomic E-state index is 14.8. The molecule has 0 aliphatic carbocycles. The van der Waals surface area contributed by atoms with E-state index in [0.29, 0.717) is 22.4 Å². The Morgan fingerprint density at radius 3 is 2.48 bits per heavy atom. The van der Waals surface area contributed by atoms with Crippen molar-refractivity contribution in [3.05, 3.63) is 102 Å². The third kappa shape index (κ3) is 5.72. The van der Waals surface area contributed by atoms with Crippen LogP contribution in [0.25, 0.3) is 22.2 Å². The van der Waals surface area contributed by atoms with E-state index in [-0.39, 0.29) is 34.7 Å². The van der Waals surface area contributed by atoms with Gasteiger partial charge in [-0.1, -0.05) is 0 Å². The van der Waals surface area contributed by atoms with Crippen LogP contribution in [-0.4, -0.2) is 56.2 Å². The highest BCUT2D eigenvalue weighted by Gasteiger charge is 2.57. The van der Waals surface area contributed by atoms with Gasteiger partial charge in [-0.2, -0.15) is 13.2 Å². The number of nitrogens with one attached hydrogen (secondary N) is 2. The quantitative estimate of drug-likeness (QED) is 0.174. The summed E-state index contributed by atoms with van der Waals surface area (Å²) in [6.07, 6.45) is 0.590. The van der Waals surface area contributed by atoms with Gasteiger partial charge >= 0.3 is 6.18 Å². The molecule has 2 aromatic carbocycles. The highest BCUT2D eigenvalue weighted by Crippen LogP contribution is 2.47. The van der Waals surface area contributed by atoms with E-state index in [0.717, 1.165) is 23.8 Å². The first-order chi connectivity index (χ1) is 22.7. The largest absolute Gasteiger partial charge is 0.489 e. The van der Waals surface area contributed by atoms with Crippen LogP contribution < -0.4 is 21.1 Å². The van der Waals surface area contributed by atoms with Gasteiger partial charge in [-0.3, -0.25) is 19.6 Å². The maximum atomic E-state index is 14.8. The molecule has 4 heterocycles. The van der Waals surface area contributed by atoms with Crippen LogP contribution in [0.1, 0.15) is 34.1 Å². The molecule has 0 fully saturated rings. The number of nitrogens with two attached hydrogens (primary N) is 1. The van der Waals surface area contributed by atoms with Crippen molar-refractivity contribution in [2.45, 2.75) is 31.0 Å². The SMILES string of the molecule is Cc1cnc2c(Nc3cnccn3)cc(C(=O)NCC(O)(c3cc4c(c(-c5ccc(F)cc5)n3)OC[C@]4(C)C(N)=O)C(F)(F)F)cc2c1. The number of ether oxygens (including phenoxy) is 1. The maximum Gasteiger partial charge on any atom is 0.424 e. The summed E-state index contributed by atoms with van der Waals surface area (Å²) in [6, 6.07) is 10.2. The van der Waals surface area contributed by atoms with Crippen LogP contribution in [0.4, 0.5) is 29.1 Å². The summed E-state index contributed by atoms with van der Waals surface area (Å²) in [7, 11) is 0. The number of primary amides is 1. The van der Waals surface area contributed by atoms with E-state index in [1.54, 1.807) is 19.2 Å². The lowest BCUT2D eigenvalue weighted by Crippen LogP contribution is -2.51. The first-order valence-electron chi connectivity index (χ1n) is 14.4. The predicted octanol–water partition coefficient (Wildman–Crippen LogP) is 4.59. The number of rotatable bonds is 8. The van der Waals surface area contributed by atoms with Gasteiger partial charge in [0.2, 0.25) is 11.5 Å². The summed E-state index contributed by atoms with van der Waals surface area (Å²) in [5.41, 5.74) is 0.783. The lowest BCUT2D eigenvalue weighted by Gasteiger charge is -2.31. The van der Waals surface area contributed by atoms with Gasteiger partial charge in [0.05, 0.1) is 29.6 Å². The molecule has 0 spiro atoms. The number of anilines is 2. The number of carbonyl (C=O) groups excluding carboxylic acids is 2. The van der Waals surface area contributed by atoms with Crippen molar-refractivity contribution >= 4 is 34.2 Å². The second-order valence-electron chi connectivity index (χ2n) is 11.6. The van der Waals surface area contributed by atoms with Crippen LogP contribution in [0, 0.1) is 12.7 Å². The molecular formula is C33H27F4N7O4. The van der Waals surface area contributed by atoms with E-state index < -0.39 is 47.1 Å². The van der Waals surface area contributed by atoms with Gasteiger partial charge in [0.1, 0.15) is 35.1 Å². The topological polar surface area (TPSA) is 165 Å². The zero-order valence-electron chi connectivity index (χ0n) is 25.4. The number of aryl methyl sites for hydroxylation is 1. The Kier molecular flexibility index (Phi) is 7.95. The number of fused-ring (bicyclic) bond motifs is 2. The van der Waals surface area contributed by atoms with Crippen molar-refractivity contribution in [2.24, 2.45) is 5.73 Å². The molecule has 5 N–H and O–H groups in total. The van der Waals surface area contributed by atoms with Gasteiger partial charge in [0.15, 0.2) is 0 Å². The van der Waals surface area contributed by atoms with E-state index in [9.17, 15) is 32.3 Å². The highest BCUT2D eigenvalue weighted by atomic mass is 19.4. The van der Waals surface area contributed by atoms with Gasteiger partial charge < -0.3 is 26.2 Å². The summed E-state index contributed by atoms with van der Waals surface area (Å²) < 4.78 is 64.0. The number of alkyl halides is 3. The summed E-state index contributed by atoms with van der Waals surface area (Å²) in [6.45, 7) is 1.50. The summed E-state index contributed by atoms with van der Waals surface area (Å²) in [4.78, 5) is 42.7. The van der Waals surface area contributed by atoms with Crippen molar-refractivity contribution in [3.8, 4) is 17.0 Å². The van der Waals surface area contributed by atoms with Crippen molar-refractivity contribution in [2.75, 3.05) is 18.5 Å². The molecule has 48 heavy (non-hydrogen) atoms. The Balaban J connectivity index is 1.41. The van der Waals surface area contributed by atoms with Crippen LogP contribution in [0.2, 0.25) is 0 Å². The predicted molar refractivity (Wildman–Crippen MR) is 166 cm³/mol. The lowest BCUT2D eigenvalue weighted by molar-refractivity contribution is -0.265. The smallest absolute Gasteiger partial charge is 0.424 e. The van der Waals surface area contributed by atoms with Crippen molar-refractivity contribution in [1.82, 2.24) is 25.3 Å². The molecule has 6 rings (SSSR count). The average Bonchev–Trinajstić information content (AvgIpc) is 3.40. The first kappa shape index (κ1) is 32.2. The summed E-state index contributed by atoms with van der Waals surface area (Å²) in [5, 5.41) is 17.1. The second kappa shape index (κ2) is 11.8. The number of hydrogen-bond acceptors (Lipinski definition) is 9. The van der Waals surface area contributed by atoms with E-state index in [1.807, 2.05) is 0 Å². The number of aromatic nitrogens is 4. The number of nitrogens with zero attached hydrogens (tertiary/aromatic N) is 4. The number of benzene rings is 2. The molecular weight excluding hydrogens is 634 g/mol. The molecule has 1 aliphatic heterocycles. The molecule has 2 amide bonds. The fourth-order valence-corrected chi connectivity index (χ4v) is 5.34. The molecule has 0 saturated heterocycles. The van der Waals surface area contributed by atoms with E-state index in [4.69, 9.17) is 10.5 Å². The number of hydrogen-bond donors (Lipinski definition) is 4. The molecule has 1 aliphatic rings. The van der Waals surface area contributed by atoms with Crippen LogP contribution in [-0.2, 0) is 15.8 Å². The third-order valence-electron chi connectivity index (χ3n) is 8.14. The number of amides is 2. The van der Waals surface area contributed by atoms with Gasteiger partial charge in [-0.15, -0.1) is 0 Å². The fraction of sp³-hybridized carbons (Fsp3) is 0.212. The molecule has 3 aromatic heterocycles. The molecule has 11 nitrogen and oxygen atoms in total. The Morgan fingerprint density at radius 1 is 1.06 bits per heavy atom. The van der Waals surface area contributed by atoms with E-state index in [2.05, 4.69) is 30.6 Å². The van der Waals surface area contributed by atoms with Crippen LogP contribution in [0.15, 0.2) is 73.3 Å². The Labute approximate surface area is 270 Å². The standard InChI is InChI=1S/C33H27F4N7O4/c1-17-9-19-10-20(11-23(26(19)41-13-17)43-25-14-39-7-8-40-25)29(45)42-15-32(47,33(35,36)37)24-12-22-28(48-16-31(22,2)30(38)46)27(44-24)18-3-5-21(34)6-4-18/h3-14,47H,15-16H2,1-2H3,(H2,38,46)(H,40,43)(H,42,45)/t31-,32?/m0/s1. The normalized spacial score (nSPS) is 16.9. The minimum absolute atomic E-state index is 0.0385. The summed E-state index contributed by atoms with van der Waals surface area (Å²) >= 11 is 0. The molecule has 0 saturated carbocycles. The second-order valence-corrected chi connectivity index (χ2v) is 11.6. The molecule has 0 radical (unpaired) electrons. The minimum atomic E-state index is -5.38. The first-order valence-corrected chi connectivity index (χ1v) is 14.4. The van der Waals surface area contributed by atoms with Gasteiger partial charge in [-0.25, -0.2) is 14.4 Å². The monoisotopic (exact) mass is 661 g/mol. The Bertz CT molecular complexity index is 2060. The Hall–Kier alpha value is -5.70. The minimum Gasteiger partial charge on any atom is -0.489 e. The number of carbonyl (C=O) groups is 2. The molecule has 2 atom stereocenters. The van der Waals surface area contributed by atoms with Crippen LogP contribution >= 0.6 is 0 Å². The molecule has 1 unspecified atom stereocenters. The molecule has 15 heteroatoms. The van der Waals surface area contributed by atoms with Crippen molar-refractivity contribution in [1.29, 1.82) is 0 Å². The van der Waals surface area contributed by atoms with Crippen molar-refractivity contribution < 1.29 is 37.0 Å². The summed E-state index contributed by atoms with van der Waals surface area (Å²) in [5.74, 6) is -2.16. The number of aliphatic hydroxyl groups is 1. The number of pyridine rings is 2. The third-order valence-corrected chi connectivity index (χ3v) is 8.14. The highest BCUT2D eigenvalue weighted by molar-refractivity contribution is 6.03. The lowest BCUT2D eigenvalue weighted by atomic mass is 9.81. The van der Waals surface area contributed by atoms with E-state index in [1.165, 1.54) is 49.8 Å². The van der Waals surface area contributed by atoms with Crippen LogP contribution in [0.5, 0.6) is 5.75 Å². The average molecular weight is 662 g/mol.